The second kappa shape index (κ2) is 6.47. The van der Waals surface area contributed by atoms with Crippen LogP contribution in [0.3, 0.4) is 0 Å². The molecule has 0 radical (unpaired) electrons. The maximum Gasteiger partial charge on any atom is 0.313 e. The van der Waals surface area contributed by atoms with E-state index >= 15 is 0 Å². The summed E-state index contributed by atoms with van der Waals surface area (Å²) in [5.41, 5.74) is 0.887. The first-order valence-electron chi connectivity index (χ1n) is 9.22. The lowest BCUT2D eigenvalue weighted by atomic mass is 9.77. The van der Waals surface area contributed by atoms with Gasteiger partial charge in [0.2, 0.25) is 5.91 Å². The zero-order valence-corrected chi connectivity index (χ0v) is 15.7. The van der Waals surface area contributed by atoms with E-state index in [4.69, 9.17) is 21.1 Å². The molecule has 3 aliphatic rings. The van der Waals surface area contributed by atoms with Crippen LogP contribution in [0.2, 0.25) is 5.02 Å². The smallest absolute Gasteiger partial charge is 0.313 e. The predicted octanol–water partition coefficient (Wildman–Crippen LogP) is 3.37. The Morgan fingerprint density at radius 3 is 2.68 bits per heavy atom. The SMILES string of the molecule is O=C(OCc1ccccc1)[C@@H]1[C@H]2C=C[C@@]3(CN(c4ccc(Cl)cc4)C(=O)[C@@H]13)O2. The summed E-state index contributed by atoms with van der Waals surface area (Å²) in [4.78, 5) is 27.7. The van der Waals surface area contributed by atoms with Crippen LogP contribution in [-0.4, -0.2) is 30.1 Å². The number of hydrogen-bond donors (Lipinski definition) is 0. The van der Waals surface area contributed by atoms with Crippen LogP contribution in [0.15, 0.2) is 66.7 Å². The average molecular weight is 396 g/mol. The van der Waals surface area contributed by atoms with Crippen LogP contribution in [0.4, 0.5) is 5.69 Å². The molecular formula is C22H18ClNO4. The Morgan fingerprint density at radius 2 is 1.93 bits per heavy atom. The molecule has 2 saturated heterocycles. The molecule has 1 amide bonds. The largest absolute Gasteiger partial charge is 0.460 e. The quantitative estimate of drug-likeness (QED) is 0.588. The van der Waals surface area contributed by atoms with Crippen LogP contribution in [0, 0.1) is 11.8 Å². The Bertz CT molecular complexity index is 958. The van der Waals surface area contributed by atoms with E-state index in [9.17, 15) is 9.59 Å². The van der Waals surface area contributed by atoms with Crippen molar-refractivity contribution in [3.05, 3.63) is 77.3 Å². The molecule has 2 aromatic carbocycles. The molecule has 0 N–H and O–H groups in total. The molecule has 5 rings (SSSR count). The molecule has 4 atom stereocenters. The van der Waals surface area contributed by atoms with Crippen molar-refractivity contribution in [3.8, 4) is 0 Å². The van der Waals surface area contributed by atoms with Gasteiger partial charge in [-0.2, -0.15) is 0 Å². The number of rotatable bonds is 4. The predicted molar refractivity (Wildman–Crippen MR) is 104 cm³/mol. The lowest BCUT2D eigenvalue weighted by molar-refractivity contribution is -0.153. The minimum Gasteiger partial charge on any atom is -0.460 e. The minimum absolute atomic E-state index is 0.115. The fourth-order valence-corrected chi connectivity index (χ4v) is 4.56. The summed E-state index contributed by atoms with van der Waals surface area (Å²) in [6.45, 7) is 0.564. The molecule has 0 unspecified atom stereocenters. The third kappa shape index (κ3) is 2.65. The number of esters is 1. The van der Waals surface area contributed by atoms with E-state index in [1.54, 1.807) is 29.2 Å². The van der Waals surface area contributed by atoms with Gasteiger partial charge in [-0.25, -0.2) is 0 Å². The van der Waals surface area contributed by atoms with Crippen LogP contribution in [0.5, 0.6) is 0 Å². The van der Waals surface area contributed by atoms with Crippen molar-refractivity contribution in [3.63, 3.8) is 0 Å². The van der Waals surface area contributed by atoms with Gasteiger partial charge in [-0.15, -0.1) is 0 Å². The van der Waals surface area contributed by atoms with Gasteiger partial charge >= 0.3 is 5.97 Å². The van der Waals surface area contributed by atoms with Gasteiger partial charge < -0.3 is 14.4 Å². The van der Waals surface area contributed by atoms with Crippen molar-refractivity contribution in [2.24, 2.45) is 11.8 Å². The number of fused-ring (bicyclic) bond motifs is 1. The Labute approximate surface area is 167 Å². The molecule has 3 heterocycles. The summed E-state index contributed by atoms with van der Waals surface area (Å²) in [5, 5.41) is 0.605. The molecule has 0 aromatic heterocycles. The van der Waals surface area contributed by atoms with Gasteiger partial charge in [-0.3, -0.25) is 9.59 Å². The number of halogens is 1. The van der Waals surface area contributed by atoms with Gasteiger partial charge in [-0.1, -0.05) is 54.1 Å². The van der Waals surface area contributed by atoms with Crippen molar-refractivity contribution in [2.75, 3.05) is 11.4 Å². The first-order valence-corrected chi connectivity index (χ1v) is 9.60. The highest BCUT2D eigenvalue weighted by atomic mass is 35.5. The summed E-state index contributed by atoms with van der Waals surface area (Å²) in [5.74, 6) is -1.70. The molecule has 28 heavy (non-hydrogen) atoms. The summed E-state index contributed by atoms with van der Waals surface area (Å²) in [6, 6.07) is 16.6. The number of hydrogen-bond acceptors (Lipinski definition) is 4. The third-order valence-corrected chi connectivity index (χ3v) is 5.99. The molecule has 2 aromatic rings. The molecule has 3 aliphatic heterocycles. The molecular weight excluding hydrogens is 378 g/mol. The van der Waals surface area contributed by atoms with Gasteiger partial charge in [-0.05, 0) is 29.8 Å². The third-order valence-electron chi connectivity index (χ3n) is 5.73. The zero-order chi connectivity index (χ0) is 19.3. The van der Waals surface area contributed by atoms with Gasteiger partial charge in [0, 0.05) is 10.7 Å². The molecule has 0 aliphatic carbocycles. The fourth-order valence-electron chi connectivity index (χ4n) is 4.43. The van der Waals surface area contributed by atoms with E-state index in [-0.39, 0.29) is 12.5 Å². The van der Waals surface area contributed by atoms with E-state index in [0.29, 0.717) is 11.6 Å². The number of anilines is 1. The van der Waals surface area contributed by atoms with E-state index in [1.165, 1.54) is 0 Å². The lowest BCUT2D eigenvalue weighted by Gasteiger charge is -2.22. The molecule has 142 valence electrons. The second-order valence-corrected chi connectivity index (χ2v) is 7.83. The highest BCUT2D eigenvalue weighted by Crippen LogP contribution is 2.53. The van der Waals surface area contributed by atoms with E-state index in [2.05, 4.69) is 0 Å². The van der Waals surface area contributed by atoms with Gasteiger partial charge in [0.15, 0.2) is 0 Å². The maximum atomic E-state index is 13.2. The van der Waals surface area contributed by atoms with E-state index in [0.717, 1.165) is 11.3 Å². The topological polar surface area (TPSA) is 55.8 Å². The Balaban J connectivity index is 1.38. The number of carbonyl (C=O) groups excluding carboxylic acids is 2. The molecule has 6 heteroatoms. The highest BCUT2D eigenvalue weighted by Gasteiger charge is 2.67. The van der Waals surface area contributed by atoms with E-state index < -0.39 is 29.5 Å². The number of nitrogens with zero attached hydrogens (tertiary/aromatic N) is 1. The van der Waals surface area contributed by atoms with Gasteiger partial charge in [0.25, 0.3) is 0 Å². The normalized spacial score (nSPS) is 30.0. The lowest BCUT2D eigenvalue weighted by Crippen LogP contribution is -2.40. The number of ether oxygens (including phenoxy) is 2. The number of amides is 1. The fraction of sp³-hybridized carbons (Fsp3) is 0.273. The first-order chi connectivity index (χ1) is 13.6. The molecule has 5 nitrogen and oxygen atoms in total. The number of benzene rings is 2. The van der Waals surface area contributed by atoms with Crippen molar-refractivity contribution >= 4 is 29.2 Å². The van der Waals surface area contributed by atoms with Crippen molar-refractivity contribution in [2.45, 2.75) is 18.3 Å². The summed E-state index contributed by atoms with van der Waals surface area (Å²) in [7, 11) is 0. The highest BCUT2D eigenvalue weighted by molar-refractivity contribution is 6.30. The maximum absolute atomic E-state index is 13.2. The minimum atomic E-state index is -0.766. The molecule has 1 spiro atoms. The first kappa shape index (κ1) is 17.5. The molecule has 2 fully saturated rings. The standard InChI is InChI=1S/C22H18ClNO4/c23-15-6-8-16(9-7-15)24-13-22-11-10-17(28-22)18(19(22)20(24)25)21(26)27-12-14-4-2-1-3-5-14/h1-11,17-19H,12-13H2/t17-,18-,19-,22+/m1/s1. The monoisotopic (exact) mass is 395 g/mol. The van der Waals surface area contributed by atoms with Crippen molar-refractivity contribution < 1.29 is 19.1 Å². The van der Waals surface area contributed by atoms with Crippen LogP contribution in [-0.2, 0) is 25.7 Å². The summed E-state index contributed by atoms with van der Waals surface area (Å²) in [6.07, 6.45) is 3.39. The second-order valence-electron chi connectivity index (χ2n) is 7.39. The number of carbonyl (C=O) groups is 2. The van der Waals surface area contributed by atoms with Gasteiger partial charge in [0.1, 0.15) is 18.1 Å². The van der Waals surface area contributed by atoms with Crippen LogP contribution in [0.1, 0.15) is 5.56 Å². The zero-order valence-electron chi connectivity index (χ0n) is 15.0. The average Bonchev–Trinajstić information content (AvgIpc) is 3.36. The molecule has 2 bridgehead atoms. The van der Waals surface area contributed by atoms with Crippen molar-refractivity contribution in [1.82, 2.24) is 0 Å². The van der Waals surface area contributed by atoms with Gasteiger partial charge in [0.05, 0.1) is 18.6 Å². The Hall–Kier alpha value is -2.63. The van der Waals surface area contributed by atoms with Crippen molar-refractivity contribution in [1.29, 1.82) is 0 Å². The van der Waals surface area contributed by atoms with E-state index in [1.807, 2.05) is 42.5 Å². The van der Waals surface area contributed by atoms with Crippen LogP contribution in [0.25, 0.3) is 0 Å². The van der Waals surface area contributed by atoms with Crippen LogP contribution >= 0.6 is 11.6 Å². The summed E-state index contributed by atoms with van der Waals surface area (Å²) >= 11 is 5.96. The Kier molecular flexibility index (Phi) is 4.03. The summed E-state index contributed by atoms with van der Waals surface area (Å²) < 4.78 is 11.6. The van der Waals surface area contributed by atoms with Crippen LogP contribution < -0.4 is 4.90 Å². The Morgan fingerprint density at radius 1 is 1.18 bits per heavy atom. The molecule has 0 saturated carbocycles.